The van der Waals surface area contributed by atoms with Crippen molar-refractivity contribution in [2.75, 3.05) is 11.9 Å². The third kappa shape index (κ3) is 5.00. The smallest absolute Gasteiger partial charge is 0.308 e. The first-order valence-electron chi connectivity index (χ1n) is 6.92. The van der Waals surface area contributed by atoms with Crippen LogP contribution >= 0.6 is 27.3 Å². The van der Waals surface area contributed by atoms with Crippen molar-refractivity contribution in [3.63, 3.8) is 0 Å². The fourth-order valence-corrected chi connectivity index (χ4v) is 2.97. The van der Waals surface area contributed by atoms with E-state index in [-0.39, 0.29) is 23.5 Å². The first kappa shape index (κ1) is 18.3. The van der Waals surface area contributed by atoms with Crippen LogP contribution in [0.25, 0.3) is 0 Å². The van der Waals surface area contributed by atoms with Gasteiger partial charge >= 0.3 is 10.8 Å². The monoisotopic (exact) mass is 416 g/mol. The zero-order chi connectivity index (χ0) is 17.7. The summed E-state index contributed by atoms with van der Waals surface area (Å²) in [5.41, 5.74) is 0.765. The van der Waals surface area contributed by atoms with Gasteiger partial charge in [-0.3, -0.25) is 14.4 Å². The minimum Gasteiger partial charge on any atom is -0.456 e. The van der Waals surface area contributed by atoms with Crippen molar-refractivity contribution in [2.24, 2.45) is 0 Å². The molecule has 0 aliphatic carbocycles. The number of anilines is 1. The van der Waals surface area contributed by atoms with Crippen molar-refractivity contribution in [2.45, 2.75) is 19.9 Å². The summed E-state index contributed by atoms with van der Waals surface area (Å²) >= 11 is 4.17. The number of carbonyl (C=O) groups excluding carboxylic acids is 2. The number of hydrogen-bond acceptors (Lipinski definition) is 5. The molecule has 128 valence electrons. The van der Waals surface area contributed by atoms with Gasteiger partial charge in [0, 0.05) is 22.1 Å². The lowest BCUT2D eigenvalue weighted by molar-refractivity contribution is -0.147. The fourth-order valence-electron chi connectivity index (χ4n) is 1.87. The maximum absolute atomic E-state index is 13.6. The molecule has 9 heteroatoms. The highest BCUT2D eigenvalue weighted by Gasteiger charge is 2.12. The van der Waals surface area contributed by atoms with Crippen LogP contribution in [-0.4, -0.2) is 23.1 Å². The number of rotatable bonds is 6. The molecule has 0 saturated carbocycles. The number of hydrogen-bond donors (Lipinski definition) is 1. The fraction of sp³-hybridized carbons (Fsp3) is 0.267. The Morgan fingerprint density at radius 3 is 2.79 bits per heavy atom. The van der Waals surface area contributed by atoms with E-state index in [4.69, 9.17) is 4.74 Å². The zero-order valence-electron chi connectivity index (χ0n) is 12.7. The zero-order valence-corrected chi connectivity index (χ0v) is 15.1. The van der Waals surface area contributed by atoms with Crippen LogP contribution in [-0.2, 0) is 20.9 Å². The molecule has 2 rings (SSSR count). The molecule has 0 fully saturated rings. The second-order valence-electron chi connectivity index (χ2n) is 4.88. The lowest BCUT2D eigenvalue weighted by atomic mass is 10.3. The largest absolute Gasteiger partial charge is 0.456 e. The van der Waals surface area contributed by atoms with E-state index < -0.39 is 24.3 Å². The lowest BCUT2D eigenvalue weighted by Gasteiger charge is -2.08. The number of amides is 1. The second kappa shape index (κ2) is 8.20. The van der Waals surface area contributed by atoms with Gasteiger partial charge in [0.15, 0.2) is 6.61 Å². The number of esters is 1. The molecule has 0 bridgehead atoms. The molecule has 0 aliphatic rings. The second-order valence-corrected chi connectivity index (χ2v) is 6.61. The van der Waals surface area contributed by atoms with Gasteiger partial charge in [-0.2, -0.15) is 0 Å². The predicted octanol–water partition coefficient (Wildman–Crippen LogP) is 2.69. The molecule has 0 aliphatic heterocycles. The molecule has 1 amide bonds. The normalized spacial score (nSPS) is 10.5. The number of ether oxygens (including phenoxy) is 1. The Balaban J connectivity index is 1.79. The van der Waals surface area contributed by atoms with Gasteiger partial charge in [0.2, 0.25) is 0 Å². The van der Waals surface area contributed by atoms with E-state index in [9.17, 15) is 18.8 Å². The van der Waals surface area contributed by atoms with Crippen LogP contribution in [0.2, 0.25) is 0 Å². The van der Waals surface area contributed by atoms with E-state index in [1.807, 2.05) is 0 Å². The molecule has 0 radical (unpaired) electrons. The van der Waals surface area contributed by atoms with Gasteiger partial charge in [0.25, 0.3) is 5.91 Å². The highest BCUT2D eigenvalue weighted by Crippen LogP contribution is 2.19. The summed E-state index contributed by atoms with van der Waals surface area (Å²) < 4.78 is 20.4. The van der Waals surface area contributed by atoms with Crippen LogP contribution in [0.4, 0.5) is 10.1 Å². The minimum atomic E-state index is -0.645. The van der Waals surface area contributed by atoms with Crippen LogP contribution in [0.1, 0.15) is 12.1 Å². The van der Waals surface area contributed by atoms with Gasteiger partial charge in [-0.25, -0.2) is 4.39 Å². The van der Waals surface area contributed by atoms with Crippen molar-refractivity contribution in [3.05, 3.63) is 49.2 Å². The first-order valence-corrected chi connectivity index (χ1v) is 8.59. The van der Waals surface area contributed by atoms with E-state index >= 15 is 0 Å². The van der Waals surface area contributed by atoms with Crippen molar-refractivity contribution in [3.8, 4) is 0 Å². The van der Waals surface area contributed by atoms with E-state index in [1.54, 1.807) is 18.4 Å². The molecule has 1 aromatic carbocycles. The van der Waals surface area contributed by atoms with Crippen LogP contribution in [0.15, 0.2) is 32.8 Å². The molecule has 6 nitrogen and oxygen atoms in total. The third-order valence-corrected chi connectivity index (χ3v) is 4.46. The Kier molecular flexibility index (Phi) is 6.27. The summed E-state index contributed by atoms with van der Waals surface area (Å²) in [6, 6.07) is 4.18. The van der Waals surface area contributed by atoms with Gasteiger partial charge in [-0.15, -0.1) is 0 Å². The number of carbonyl (C=O) groups is 2. The van der Waals surface area contributed by atoms with Crippen molar-refractivity contribution < 1.29 is 18.7 Å². The standard InChI is InChI=1S/C15H14BrFN2O4S/c1-9-8-24-15(22)19(9)5-4-14(21)23-7-13(20)18-12-3-2-10(16)6-11(12)17/h2-3,6,8H,4-5,7H2,1H3,(H,18,20). The average molecular weight is 417 g/mol. The summed E-state index contributed by atoms with van der Waals surface area (Å²) in [5, 5.41) is 4.02. The Morgan fingerprint density at radius 1 is 1.42 bits per heavy atom. The number of benzene rings is 1. The summed E-state index contributed by atoms with van der Waals surface area (Å²) in [5.74, 6) is -1.86. The Hall–Kier alpha value is -2.00. The molecule has 1 heterocycles. The highest BCUT2D eigenvalue weighted by molar-refractivity contribution is 9.10. The lowest BCUT2D eigenvalue weighted by Crippen LogP contribution is -2.23. The Bertz CT molecular complexity index is 818. The molecular weight excluding hydrogens is 403 g/mol. The van der Waals surface area contributed by atoms with Crippen molar-refractivity contribution in [1.82, 2.24) is 4.57 Å². The third-order valence-electron chi connectivity index (χ3n) is 3.09. The van der Waals surface area contributed by atoms with Crippen molar-refractivity contribution in [1.29, 1.82) is 0 Å². The number of aromatic nitrogens is 1. The molecule has 0 atom stereocenters. The Morgan fingerprint density at radius 2 is 2.17 bits per heavy atom. The highest BCUT2D eigenvalue weighted by atomic mass is 79.9. The van der Waals surface area contributed by atoms with Gasteiger partial charge in [0.05, 0.1) is 12.1 Å². The van der Waals surface area contributed by atoms with E-state index in [0.717, 1.165) is 17.0 Å². The number of nitrogens with zero attached hydrogens (tertiary/aromatic N) is 1. The molecule has 1 N–H and O–H groups in total. The van der Waals surface area contributed by atoms with Gasteiger partial charge in [-0.05, 0) is 25.1 Å². The van der Waals surface area contributed by atoms with E-state index in [0.29, 0.717) is 4.47 Å². The summed E-state index contributed by atoms with van der Waals surface area (Å²) in [4.78, 5) is 34.7. The number of halogens is 2. The molecule has 0 saturated heterocycles. The van der Waals surface area contributed by atoms with Crippen LogP contribution in [0.3, 0.4) is 0 Å². The molecule has 1 aromatic heterocycles. The topological polar surface area (TPSA) is 77.4 Å². The maximum Gasteiger partial charge on any atom is 0.308 e. The quantitative estimate of drug-likeness (QED) is 0.734. The summed E-state index contributed by atoms with van der Waals surface area (Å²) in [6.45, 7) is 1.44. The molecule has 0 unspecified atom stereocenters. The Labute approximate surface area is 149 Å². The summed E-state index contributed by atoms with van der Waals surface area (Å²) in [6.07, 6.45) is -0.0304. The maximum atomic E-state index is 13.6. The molecular formula is C15H14BrFN2O4S. The van der Waals surface area contributed by atoms with Crippen molar-refractivity contribution >= 4 is 44.8 Å². The summed E-state index contributed by atoms with van der Waals surface area (Å²) in [7, 11) is 0. The minimum absolute atomic E-state index is 0.000279. The number of aryl methyl sites for hydroxylation is 1. The number of thiazole rings is 1. The van der Waals surface area contributed by atoms with Crippen LogP contribution in [0.5, 0.6) is 0 Å². The van der Waals surface area contributed by atoms with Gasteiger partial charge in [0.1, 0.15) is 5.82 Å². The molecule has 24 heavy (non-hydrogen) atoms. The van der Waals surface area contributed by atoms with Gasteiger partial charge in [-0.1, -0.05) is 27.3 Å². The van der Waals surface area contributed by atoms with E-state index in [1.165, 1.54) is 16.7 Å². The SMILES string of the molecule is Cc1csc(=O)n1CCC(=O)OCC(=O)Nc1ccc(Br)cc1F. The number of nitrogens with one attached hydrogen (secondary N) is 1. The van der Waals surface area contributed by atoms with Gasteiger partial charge < -0.3 is 14.6 Å². The average Bonchev–Trinajstić information content (AvgIpc) is 2.84. The van der Waals surface area contributed by atoms with Crippen LogP contribution in [0, 0.1) is 12.7 Å². The predicted molar refractivity (Wildman–Crippen MR) is 91.6 cm³/mol. The first-order chi connectivity index (χ1) is 11.4. The molecule has 2 aromatic rings. The van der Waals surface area contributed by atoms with Crippen LogP contribution < -0.4 is 10.2 Å². The van der Waals surface area contributed by atoms with E-state index in [2.05, 4.69) is 21.2 Å². The molecule has 0 spiro atoms.